The molecule has 2 atom stereocenters. The molecular formula is C10H15BrN2OS. The van der Waals surface area contributed by atoms with E-state index in [0.717, 1.165) is 11.0 Å². The van der Waals surface area contributed by atoms with Crippen LogP contribution in [0, 0.1) is 12.8 Å². The van der Waals surface area contributed by atoms with Crippen LogP contribution in [0.4, 0.5) is 0 Å². The van der Waals surface area contributed by atoms with Crippen LogP contribution >= 0.6 is 27.3 Å². The SMILES string of the molecule is Cc1ncsc1C(=O)NC(C)C(C)CBr. The molecule has 1 aromatic heterocycles. The molecule has 0 spiro atoms. The van der Waals surface area contributed by atoms with Gasteiger partial charge in [-0.05, 0) is 19.8 Å². The molecule has 5 heteroatoms. The van der Waals surface area contributed by atoms with E-state index in [9.17, 15) is 4.79 Å². The summed E-state index contributed by atoms with van der Waals surface area (Å²) in [6, 6.07) is 0.165. The fraction of sp³-hybridized carbons (Fsp3) is 0.600. The second kappa shape index (κ2) is 5.61. The Hall–Kier alpha value is -0.420. The maximum absolute atomic E-state index is 11.8. The molecule has 1 N–H and O–H groups in total. The van der Waals surface area contributed by atoms with Crippen LogP contribution in [-0.2, 0) is 0 Å². The van der Waals surface area contributed by atoms with E-state index in [1.54, 1.807) is 5.51 Å². The highest BCUT2D eigenvalue weighted by Gasteiger charge is 2.17. The molecule has 15 heavy (non-hydrogen) atoms. The fourth-order valence-corrected chi connectivity index (χ4v) is 2.33. The second-order valence-corrected chi connectivity index (χ2v) is 5.16. The highest BCUT2D eigenvalue weighted by Crippen LogP contribution is 2.13. The van der Waals surface area contributed by atoms with Crippen molar-refractivity contribution in [2.45, 2.75) is 26.8 Å². The lowest BCUT2D eigenvalue weighted by molar-refractivity contribution is 0.0934. The van der Waals surface area contributed by atoms with Gasteiger partial charge in [-0.3, -0.25) is 4.79 Å². The lowest BCUT2D eigenvalue weighted by Crippen LogP contribution is -2.37. The van der Waals surface area contributed by atoms with Gasteiger partial charge in [-0.25, -0.2) is 4.98 Å². The Labute approximate surface area is 102 Å². The summed E-state index contributed by atoms with van der Waals surface area (Å²) in [4.78, 5) is 16.6. The highest BCUT2D eigenvalue weighted by molar-refractivity contribution is 9.09. The normalized spacial score (nSPS) is 14.7. The maximum Gasteiger partial charge on any atom is 0.263 e. The molecule has 1 aromatic rings. The van der Waals surface area contributed by atoms with Gasteiger partial charge in [0.1, 0.15) is 4.88 Å². The van der Waals surface area contributed by atoms with E-state index < -0.39 is 0 Å². The van der Waals surface area contributed by atoms with Gasteiger partial charge in [0.15, 0.2) is 0 Å². The van der Waals surface area contributed by atoms with E-state index in [-0.39, 0.29) is 11.9 Å². The number of aromatic nitrogens is 1. The van der Waals surface area contributed by atoms with Crippen molar-refractivity contribution in [3.8, 4) is 0 Å². The molecule has 84 valence electrons. The number of hydrogen-bond acceptors (Lipinski definition) is 3. The van der Waals surface area contributed by atoms with Crippen molar-refractivity contribution >= 4 is 33.2 Å². The van der Waals surface area contributed by atoms with Crippen molar-refractivity contribution in [2.75, 3.05) is 5.33 Å². The van der Waals surface area contributed by atoms with Crippen molar-refractivity contribution < 1.29 is 4.79 Å². The Bertz CT molecular complexity index is 340. The Balaban J connectivity index is 2.60. The molecule has 2 unspecified atom stereocenters. The first kappa shape index (κ1) is 12.6. The van der Waals surface area contributed by atoms with Gasteiger partial charge in [-0.15, -0.1) is 11.3 Å². The average Bonchev–Trinajstić information content (AvgIpc) is 2.63. The molecule has 1 amide bonds. The average molecular weight is 291 g/mol. The van der Waals surface area contributed by atoms with E-state index in [0.29, 0.717) is 10.8 Å². The summed E-state index contributed by atoms with van der Waals surface area (Å²) in [5.74, 6) is 0.400. The molecule has 3 nitrogen and oxygen atoms in total. The topological polar surface area (TPSA) is 42.0 Å². The van der Waals surface area contributed by atoms with E-state index in [1.807, 2.05) is 13.8 Å². The van der Waals surface area contributed by atoms with E-state index in [4.69, 9.17) is 0 Å². The van der Waals surface area contributed by atoms with Crippen LogP contribution in [0.5, 0.6) is 0 Å². The number of hydrogen-bond donors (Lipinski definition) is 1. The lowest BCUT2D eigenvalue weighted by Gasteiger charge is -2.18. The van der Waals surface area contributed by atoms with Gasteiger partial charge in [0.05, 0.1) is 11.2 Å². The first-order chi connectivity index (χ1) is 7.06. The fourth-order valence-electron chi connectivity index (χ4n) is 1.07. The Kier molecular flexibility index (Phi) is 4.73. The van der Waals surface area contributed by atoms with E-state index in [1.165, 1.54) is 11.3 Å². The molecule has 0 aromatic carbocycles. The summed E-state index contributed by atoms with van der Waals surface area (Å²) in [6.45, 7) is 5.96. The van der Waals surface area contributed by atoms with Crippen LogP contribution in [0.2, 0.25) is 0 Å². The van der Waals surface area contributed by atoms with Crippen LogP contribution in [0.25, 0.3) is 0 Å². The number of halogens is 1. The van der Waals surface area contributed by atoms with Crippen molar-refractivity contribution in [3.05, 3.63) is 16.1 Å². The molecule has 0 saturated heterocycles. The highest BCUT2D eigenvalue weighted by atomic mass is 79.9. The van der Waals surface area contributed by atoms with Crippen LogP contribution in [0.1, 0.15) is 29.2 Å². The Morgan fingerprint density at radius 2 is 2.33 bits per heavy atom. The standard InChI is InChI=1S/C10H15BrN2OS/c1-6(4-11)7(2)13-10(14)9-8(3)12-5-15-9/h5-7H,4H2,1-3H3,(H,13,14). The minimum absolute atomic E-state index is 0.0182. The molecule has 1 rings (SSSR count). The largest absolute Gasteiger partial charge is 0.349 e. The second-order valence-electron chi connectivity index (χ2n) is 3.66. The summed E-state index contributed by atoms with van der Waals surface area (Å²) in [5.41, 5.74) is 2.50. The minimum Gasteiger partial charge on any atom is -0.349 e. The summed E-state index contributed by atoms with van der Waals surface area (Å²) in [5, 5.41) is 3.86. The molecular weight excluding hydrogens is 276 g/mol. The minimum atomic E-state index is -0.0182. The van der Waals surface area contributed by atoms with Crippen LogP contribution in [-0.4, -0.2) is 22.3 Å². The molecule has 0 aliphatic rings. The predicted molar refractivity (Wildman–Crippen MR) is 66.7 cm³/mol. The molecule has 1 heterocycles. The van der Waals surface area contributed by atoms with E-state index in [2.05, 4.69) is 33.2 Å². The zero-order valence-corrected chi connectivity index (χ0v) is 11.5. The third-order valence-electron chi connectivity index (χ3n) is 2.41. The van der Waals surface area contributed by atoms with Gasteiger partial charge in [0.25, 0.3) is 5.91 Å². The van der Waals surface area contributed by atoms with Crippen LogP contribution in [0.3, 0.4) is 0 Å². The first-order valence-corrected chi connectivity index (χ1v) is 6.83. The number of aryl methyl sites for hydroxylation is 1. The lowest BCUT2D eigenvalue weighted by atomic mass is 10.1. The number of thiazole rings is 1. The van der Waals surface area contributed by atoms with Gasteiger partial charge >= 0.3 is 0 Å². The zero-order valence-electron chi connectivity index (χ0n) is 9.08. The quantitative estimate of drug-likeness (QED) is 0.866. The molecule has 0 radical (unpaired) electrons. The zero-order chi connectivity index (χ0) is 11.4. The summed E-state index contributed by atoms with van der Waals surface area (Å²) in [7, 11) is 0. The number of nitrogens with one attached hydrogen (secondary N) is 1. The third kappa shape index (κ3) is 3.28. The number of nitrogens with zero attached hydrogens (tertiary/aromatic N) is 1. The number of carbonyl (C=O) groups excluding carboxylic acids is 1. The number of rotatable bonds is 4. The van der Waals surface area contributed by atoms with Crippen molar-refractivity contribution in [3.63, 3.8) is 0 Å². The molecule has 0 saturated carbocycles. The Morgan fingerprint density at radius 1 is 1.67 bits per heavy atom. The first-order valence-electron chi connectivity index (χ1n) is 4.83. The number of alkyl halides is 1. The van der Waals surface area contributed by atoms with Crippen molar-refractivity contribution in [1.29, 1.82) is 0 Å². The third-order valence-corrected chi connectivity index (χ3v) is 4.36. The van der Waals surface area contributed by atoms with Gasteiger partial charge in [-0.1, -0.05) is 22.9 Å². The van der Waals surface area contributed by atoms with Gasteiger partial charge < -0.3 is 5.32 Å². The summed E-state index contributed by atoms with van der Waals surface area (Å²) in [6.07, 6.45) is 0. The molecule has 0 fully saturated rings. The molecule has 0 aliphatic heterocycles. The number of amides is 1. The summed E-state index contributed by atoms with van der Waals surface area (Å²) < 4.78 is 0. The molecule has 0 aliphatic carbocycles. The van der Waals surface area contributed by atoms with Crippen LogP contribution in [0.15, 0.2) is 5.51 Å². The van der Waals surface area contributed by atoms with Crippen molar-refractivity contribution in [2.24, 2.45) is 5.92 Å². The van der Waals surface area contributed by atoms with Gasteiger partial charge in [0.2, 0.25) is 0 Å². The Morgan fingerprint density at radius 3 is 2.80 bits per heavy atom. The monoisotopic (exact) mass is 290 g/mol. The van der Waals surface area contributed by atoms with Crippen molar-refractivity contribution in [1.82, 2.24) is 10.3 Å². The van der Waals surface area contributed by atoms with Crippen LogP contribution < -0.4 is 5.32 Å². The molecule has 0 bridgehead atoms. The predicted octanol–water partition coefficient (Wildman–Crippen LogP) is 2.60. The van der Waals surface area contributed by atoms with Gasteiger partial charge in [0, 0.05) is 11.4 Å². The van der Waals surface area contributed by atoms with E-state index >= 15 is 0 Å². The maximum atomic E-state index is 11.8. The van der Waals surface area contributed by atoms with Gasteiger partial charge in [-0.2, -0.15) is 0 Å². The smallest absolute Gasteiger partial charge is 0.263 e. The number of carbonyl (C=O) groups is 1. The summed E-state index contributed by atoms with van der Waals surface area (Å²) >= 11 is 4.79.